The number of hydrogen-bond donors (Lipinski definition) is 0. The summed E-state index contributed by atoms with van der Waals surface area (Å²) in [7, 11) is 1.74. The monoisotopic (exact) mass is 446 g/mol. The van der Waals surface area contributed by atoms with Gasteiger partial charge in [-0.2, -0.15) is 0 Å². The van der Waals surface area contributed by atoms with Gasteiger partial charge >= 0.3 is 0 Å². The van der Waals surface area contributed by atoms with Gasteiger partial charge < -0.3 is 9.47 Å². The predicted molar refractivity (Wildman–Crippen MR) is 135 cm³/mol. The van der Waals surface area contributed by atoms with Crippen molar-refractivity contribution in [3.05, 3.63) is 95.1 Å². The van der Waals surface area contributed by atoms with Gasteiger partial charge in [-0.15, -0.1) is 11.6 Å². The lowest BCUT2D eigenvalue weighted by molar-refractivity contribution is 0.306. The number of halogens is 1. The first-order valence-corrected chi connectivity index (χ1v) is 12.1. The lowest BCUT2D eigenvalue weighted by Crippen LogP contribution is -1.99. The molecule has 4 rings (SSSR count). The van der Waals surface area contributed by atoms with Crippen LogP contribution >= 0.6 is 11.6 Å². The molecule has 0 unspecified atom stereocenters. The number of rotatable bonds is 9. The number of fused-ring (bicyclic) bond motifs is 1. The molecule has 0 atom stereocenters. The van der Waals surface area contributed by atoms with Crippen LogP contribution < -0.4 is 9.47 Å². The fourth-order valence-corrected chi connectivity index (χ4v) is 4.62. The molecule has 0 N–H and O–H groups in total. The van der Waals surface area contributed by atoms with E-state index in [1.807, 2.05) is 0 Å². The van der Waals surface area contributed by atoms with E-state index in [2.05, 4.69) is 72.8 Å². The van der Waals surface area contributed by atoms with Crippen molar-refractivity contribution in [2.75, 3.05) is 19.6 Å². The summed E-state index contributed by atoms with van der Waals surface area (Å²) >= 11 is 5.76. The zero-order valence-electron chi connectivity index (χ0n) is 18.8. The fraction of sp³-hybridized carbons (Fsp3) is 0.310. The van der Waals surface area contributed by atoms with Crippen molar-refractivity contribution in [2.45, 2.75) is 38.5 Å². The molecule has 0 saturated heterocycles. The van der Waals surface area contributed by atoms with E-state index in [1.165, 1.54) is 33.4 Å². The largest absolute Gasteiger partial charge is 0.497 e. The van der Waals surface area contributed by atoms with E-state index >= 15 is 0 Å². The van der Waals surface area contributed by atoms with Gasteiger partial charge in [0, 0.05) is 5.88 Å². The van der Waals surface area contributed by atoms with Crippen LogP contribution in [-0.2, 0) is 6.42 Å². The minimum Gasteiger partial charge on any atom is -0.497 e. The van der Waals surface area contributed by atoms with Gasteiger partial charge in [-0.3, -0.25) is 0 Å². The van der Waals surface area contributed by atoms with E-state index in [0.717, 1.165) is 62.5 Å². The van der Waals surface area contributed by atoms with Crippen LogP contribution in [0, 0.1) is 0 Å². The molecule has 0 saturated carbocycles. The highest BCUT2D eigenvalue weighted by Crippen LogP contribution is 2.41. The maximum absolute atomic E-state index is 5.96. The van der Waals surface area contributed by atoms with Crippen LogP contribution in [0.3, 0.4) is 0 Å². The first kappa shape index (κ1) is 22.5. The second-order valence-corrected chi connectivity index (χ2v) is 8.60. The number of benzene rings is 3. The molecule has 0 bridgehead atoms. The van der Waals surface area contributed by atoms with E-state index in [0.29, 0.717) is 0 Å². The molecular weight excluding hydrogens is 416 g/mol. The lowest BCUT2D eigenvalue weighted by atomic mass is 9.88. The van der Waals surface area contributed by atoms with Gasteiger partial charge in [0.2, 0.25) is 0 Å². The molecular formula is C29H31ClO2. The van der Waals surface area contributed by atoms with Crippen LogP contribution in [0.1, 0.15) is 54.4 Å². The summed E-state index contributed by atoms with van der Waals surface area (Å²) in [4.78, 5) is 0. The van der Waals surface area contributed by atoms with E-state index < -0.39 is 0 Å². The molecule has 0 spiro atoms. The highest BCUT2D eigenvalue weighted by molar-refractivity contribution is 6.17. The van der Waals surface area contributed by atoms with Crippen LogP contribution in [0.15, 0.2) is 72.8 Å². The Labute approximate surface area is 196 Å². The molecule has 0 aromatic heterocycles. The summed E-state index contributed by atoms with van der Waals surface area (Å²) in [6, 6.07) is 25.9. The maximum Gasteiger partial charge on any atom is 0.119 e. The van der Waals surface area contributed by atoms with Crippen molar-refractivity contribution in [3.63, 3.8) is 0 Å². The summed E-state index contributed by atoms with van der Waals surface area (Å²) < 4.78 is 11.5. The molecule has 1 aliphatic carbocycles. The molecule has 3 heteroatoms. The predicted octanol–water partition coefficient (Wildman–Crippen LogP) is 7.78. The molecule has 3 aromatic rings. The smallest absolute Gasteiger partial charge is 0.119 e. The Morgan fingerprint density at radius 3 is 2.31 bits per heavy atom. The summed E-state index contributed by atoms with van der Waals surface area (Å²) in [5.41, 5.74) is 7.91. The highest BCUT2D eigenvalue weighted by atomic mass is 35.5. The Bertz CT molecular complexity index is 1040. The van der Waals surface area contributed by atoms with Crippen LogP contribution in [0.2, 0.25) is 0 Å². The first-order valence-electron chi connectivity index (χ1n) is 11.5. The van der Waals surface area contributed by atoms with E-state index in [1.54, 1.807) is 7.11 Å². The number of aryl methyl sites for hydroxylation is 1. The summed E-state index contributed by atoms with van der Waals surface area (Å²) in [6.07, 6.45) is 6.41. The normalized spacial score (nSPS) is 13.4. The lowest BCUT2D eigenvalue weighted by Gasteiger charge is -2.17. The topological polar surface area (TPSA) is 18.5 Å². The minimum absolute atomic E-state index is 0.723. The van der Waals surface area contributed by atoms with Gasteiger partial charge in [0.1, 0.15) is 11.5 Å². The van der Waals surface area contributed by atoms with E-state index in [9.17, 15) is 0 Å². The quantitative estimate of drug-likeness (QED) is 0.247. The van der Waals surface area contributed by atoms with Gasteiger partial charge in [-0.05, 0) is 96.2 Å². The van der Waals surface area contributed by atoms with Gasteiger partial charge in [0.05, 0.1) is 13.7 Å². The average Bonchev–Trinajstić information content (AvgIpc) is 3.04. The van der Waals surface area contributed by atoms with Crippen LogP contribution in [0.25, 0.3) is 11.1 Å². The number of alkyl halides is 1. The Balaban J connectivity index is 1.70. The molecule has 0 heterocycles. The zero-order valence-corrected chi connectivity index (χ0v) is 19.5. The van der Waals surface area contributed by atoms with Crippen LogP contribution in [0.5, 0.6) is 11.5 Å². The average molecular weight is 447 g/mol. The van der Waals surface area contributed by atoms with Gasteiger partial charge in [0.15, 0.2) is 0 Å². The van der Waals surface area contributed by atoms with Gasteiger partial charge in [-0.25, -0.2) is 0 Å². The molecule has 166 valence electrons. The Kier molecular flexibility index (Phi) is 7.90. The van der Waals surface area contributed by atoms with E-state index in [-0.39, 0.29) is 0 Å². The number of unbranched alkanes of at least 4 members (excludes halogenated alkanes) is 2. The molecule has 0 fully saturated rings. The highest BCUT2D eigenvalue weighted by Gasteiger charge is 2.20. The van der Waals surface area contributed by atoms with Crippen LogP contribution in [0.4, 0.5) is 0 Å². The second kappa shape index (κ2) is 11.2. The van der Waals surface area contributed by atoms with Crippen molar-refractivity contribution >= 4 is 22.7 Å². The first-order chi connectivity index (χ1) is 15.8. The van der Waals surface area contributed by atoms with Crippen molar-refractivity contribution < 1.29 is 9.47 Å². The summed E-state index contributed by atoms with van der Waals surface area (Å²) in [6.45, 7) is 0.733. The Hall–Kier alpha value is -2.71. The molecule has 0 aliphatic heterocycles. The number of methoxy groups -OCH3 is 1. The van der Waals surface area contributed by atoms with Crippen molar-refractivity contribution in [1.82, 2.24) is 0 Å². The van der Waals surface area contributed by atoms with Gasteiger partial charge in [-0.1, -0.05) is 48.5 Å². The van der Waals surface area contributed by atoms with Crippen molar-refractivity contribution in [3.8, 4) is 11.5 Å². The summed E-state index contributed by atoms with van der Waals surface area (Å²) in [5.74, 6) is 2.57. The second-order valence-electron chi connectivity index (χ2n) is 8.22. The van der Waals surface area contributed by atoms with Gasteiger partial charge in [0.25, 0.3) is 0 Å². The zero-order chi connectivity index (χ0) is 22.2. The molecule has 2 nitrogen and oxygen atoms in total. The number of allylic oxidation sites excluding steroid dienone is 1. The Morgan fingerprint density at radius 1 is 0.781 bits per heavy atom. The number of ether oxygens (including phenoxy) is 2. The number of hydrogen-bond acceptors (Lipinski definition) is 2. The molecule has 1 aliphatic rings. The van der Waals surface area contributed by atoms with Crippen molar-refractivity contribution in [1.29, 1.82) is 0 Å². The SMILES string of the molecule is COc1ccc2c(c1)CCCC(c1ccccc1)=C2c1ccc(OCCCCCCl)cc1. The molecule has 3 aromatic carbocycles. The molecule has 32 heavy (non-hydrogen) atoms. The standard InChI is InChI=1S/C29H31ClO2/c1-31-26-17-18-28-24(21-26)11-8-12-27(22-9-4-2-5-10-22)29(28)23-13-15-25(16-14-23)32-20-7-3-6-19-30/h2,4-5,9-10,13-18,21H,3,6-8,11-12,19-20H2,1H3. The third kappa shape index (κ3) is 5.37. The third-order valence-corrected chi connectivity index (χ3v) is 6.34. The van der Waals surface area contributed by atoms with E-state index in [4.69, 9.17) is 21.1 Å². The third-order valence-electron chi connectivity index (χ3n) is 6.07. The van der Waals surface area contributed by atoms with Crippen molar-refractivity contribution in [2.24, 2.45) is 0 Å². The fourth-order valence-electron chi connectivity index (χ4n) is 4.43. The molecule has 0 radical (unpaired) electrons. The Morgan fingerprint density at radius 2 is 1.56 bits per heavy atom. The van der Waals surface area contributed by atoms with Crippen LogP contribution in [-0.4, -0.2) is 19.6 Å². The summed E-state index contributed by atoms with van der Waals surface area (Å²) in [5, 5.41) is 0. The maximum atomic E-state index is 5.96. The minimum atomic E-state index is 0.723. The molecule has 0 amide bonds.